The van der Waals surface area contributed by atoms with Gasteiger partial charge < -0.3 is 10.0 Å². The molecule has 1 aromatic heterocycles. The molecule has 0 aromatic carbocycles. The lowest BCUT2D eigenvalue weighted by Crippen LogP contribution is -2.47. The lowest BCUT2D eigenvalue weighted by atomic mass is 10.2. The summed E-state index contributed by atoms with van der Waals surface area (Å²) < 4.78 is 13.5. The molecule has 98 valence electrons. The van der Waals surface area contributed by atoms with E-state index in [1.807, 2.05) is 4.90 Å². The predicted molar refractivity (Wildman–Crippen MR) is 65.1 cm³/mol. The van der Waals surface area contributed by atoms with Crippen LogP contribution < -0.4 is 4.90 Å². The maximum Gasteiger partial charge on any atom is 0.304 e. The van der Waals surface area contributed by atoms with Gasteiger partial charge in [0.05, 0.1) is 6.42 Å². The number of carbonyl (C=O) groups is 1. The van der Waals surface area contributed by atoms with E-state index in [1.54, 1.807) is 12.3 Å². The van der Waals surface area contributed by atoms with Gasteiger partial charge in [0.2, 0.25) is 0 Å². The van der Waals surface area contributed by atoms with Gasteiger partial charge in [-0.1, -0.05) is 0 Å². The number of halogens is 1. The van der Waals surface area contributed by atoms with Gasteiger partial charge in [0, 0.05) is 38.9 Å². The van der Waals surface area contributed by atoms with E-state index in [2.05, 4.69) is 9.88 Å². The Bertz CT molecular complexity index is 420. The van der Waals surface area contributed by atoms with E-state index in [1.165, 1.54) is 6.07 Å². The van der Waals surface area contributed by atoms with E-state index in [0.717, 1.165) is 13.1 Å². The number of nitrogens with zero attached hydrogens (tertiary/aromatic N) is 3. The number of anilines is 1. The molecule has 0 aliphatic carbocycles. The highest BCUT2D eigenvalue weighted by molar-refractivity contribution is 5.66. The topological polar surface area (TPSA) is 56.7 Å². The fourth-order valence-electron chi connectivity index (χ4n) is 2.05. The smallest absolute Gasteiger partial charge is 0.304 e. The average molecular weight is 253 g/mol. The van der Waals surface area contributed by atoms with Crippen LogP contribution in [0.2, 0.25) is 0 Å². The van der Waals surface area contributed by atoms with Gasteiger partial charge in [0.25, 0.3) is 0 Å². The molecule has 1 aliphatic rings. The summed E-state index contributed by atoms with van der Waals surface area (Å²) in [6.07, 6.45) is 1.73. The van der Waals surface area contributed by atoms with Crippen molar-refractivity contribution in [3.63, 3.8) is 0 Å². The van der Waals surface area contributed by atoms with Gasteiger partial charge >= 0.3 is 5.97 Å². The number of aliphatic carboxylic acids is 1. The minimum atomic E-state index is -0.784. The van der Waals surface area contributed by atoms with Crippen molar-refractivity contribution in [1.29, 1.82) is 0 Å². The minimum absolute atomic E-state index is 0.151. The Morgan fingerprint density at radius 3 is 2.72 bits per heavy atom. The summed E-state index contributed by atoms with van der Waals surface area (Å²) in [5, 5.41) is 8.61. The molecule has 5 nitrogen and oxygen atoms in total. The second kappa shape index (κ2) is 5.77. The van der Waals surface area contributed by atoms with Crippen LogP contribution in [0.1, 0.15) is 6.42 Å². The molecule has 0 atom stereocenters. The third-order valence-corrected chi connectivity index (χ3v) is 3.05. The largest absolute Gasteiger partial charge is 0.481 e. The van der Waals surface area contributed by atoms with E-state index in [9.17, 15) is 9.18 Å². The van der Waals surface area contributed by atoms with Crippen LogP contribution >= 0.6 is 0 Å². The van der Waals surface area contributed by atoms with Crippen LogP contribution in [-0.4, -0.2) is 53.7 Å². The van der Waals surface area contributed by atoms with Crippen LogP contribution in [0, 0.1) is 5.82 Å². The Labute approximate surface area is 105 Å². The van der Waals surface area contributed by atoms with Crippen LogP contribution in [0.5, 0.6) is 0 Å². The zero-order chi connectivity index (χ0) is 13.0. The number of aromatic nitrogens is 1. The van der Waals surface area contributed by atoms with E-state index >= 15 is 0 Å². The highest BCUT2D eigenvalue weighted by Crippen LogP contribution is 2.16. The highest BCUT2D eigenvalue weighted by atomic mass is 19.1. The number of pyridine rings is 1. The van der Waals surface area contributed by atoms with Crippen LogP contribution in [0.15, 0.2) is 18.3 Å². The van der Waals surface area contributed by atoms with Crippen molar-refractivity contribution >= 4 is 11.8 Å². The molecule has 18 heavy (non-hydrogen) atoms. The fourth-order valence-corrected chi connectivity index (χ4v) is 2.05. The number of piperazine rings is 1. The van der Waals surface area contributed by atoms with Crippen LogP contribution in [0.25, 0.3) is 0 Å². The molecule has 0 amide bonds. The molecule has 6 heteroatoms. The van der Waals surface area contributed by atoms with E-state index < -0.39 is 5.97 Å². The van der Waals surface area contributed by atoms with Crippen molar-refractivity contribution in [2.45, 2.75) is 6.42 Å². The molecular formula is C12H16FN3O2. The SMILES string of the molecule is O=C(O)CCN1CCN(c2ncccc2F)CC1. The molecule has 2 heterocycles. The summed E-state index contributed by atoms with van der Waals surface area (Å²) in [5.41, 5.74) is 0. The molecule has 0 radical (unpaired) electrons. The van der Waals surface area contributed by atoms with Gasteiger partial charge in [-0.2, -0.15) is 0 Å². The Hall–Kier alpha value is -1.69. The molecule has 0 bridgehead atoms. The summed E-state index contributed by atoms with van der Waals surface area (Å²) in [4.78, 5) is 18.5. The molecule has 1 fully saturated rings. The van der Waals surface area contributed by atoms with Crippen LogP contribution in [0.3, 0.4) is 0 Å². The molecule has 0 spiro atoms. The summed E-state index contributed by atoms with van der Waals surface area (Å²) >= 11 is 0. The number of hydrogen-bond donors (Lipinski definition) is 1. The predicted octanol–water partition coefficient (Wildman–Crippen LogP) is 0.817. The first kappa shape index (κ1) is 12.8. The van der Waals surface area contributed by atoms with Gasteiger partial charge in [-0.3, -0.25) is 9.69 Å². The summed E-state index contributed by atoms with van der Waals surface area (Å²) in [7, 11) is 0. The van der Waals surface area contributed by atoms with Crippen molar-refractivity contribution in [3.05, 3.63) is 24.1 Å². The van der Waals surface area contributed by atoms with Gasteiger partial charge in [0.15, 0.2) is 11.6 Å². The minimum Gasteiger partial charge on any atom is -0.481 e. The van der Waals surface area contributed by atoms with Gasteiger partial charge in [-0.15, -0.1) is 0 Å². The van der Waals surface area contributed by atoms with Crippen LogP contribution in [0.4, 0.5) is 10.2 Å². The summed E-state index contributed by atoms with van der Waals surface area (Å²) in [6, 6.07) is 2.97. The van der Waals surface area contributed by atoms with Crippen molar-refractivity contribution in [2.75, 3.05) is 37.6 Å². The maximum absolute atomic E-state index is 13.5. The standard InChI is InChI=1S/C12H16FN3O2/c13-10-2-1-4-14-12(10)16-8-6-15(7-9-16)5-3-11(17)18/h1-2,4H,3,5-9H2,(H,17,18). The van der Waals surface area contributed by atoms with Crippen molar-refractivity contribution in [1.82, 2.24) is 9.88 Å². The van der Waals surface area contributed by atoms with Crippen LogP contribution in [-0.2, 0) is 4.79 Å². The molecule has 1 aromatic rings. The van der Waals surface area contributed by atoms with E-state index in [0.29, 0.717) is 25.5 Å². The first-order valence-corrected chi connectivity index (χ1v) is 5.96. The molecule has 1 saturated heterocycles. The zero-order valence-corrected chi connectivity index (χ0v) is 10.0. The molecule has 0 unspecified atom stereocenters. The third kappa shape index (κ3) is 3.16. The van der Waals surface area contributed by atoms with Gasteiger partial charge in [0.1, 0.15) is 0 Å². The van der Waals surface area contributed by atoms with E-state index in [4.69, 9.17) is 5.11 Å². The summed E-state index contributed by atoms with van der Waals surface area (Å²) in [5.74, 6) is -0.708. The second-order valence-corrected chi connectivity index (χ2v) is 4.28. The molecular weight excluding hydrogens is 237 g/mol. The van der Waals surface area contributed by atoms with Crippen molar-refractivity contribution in [3.8, 4) is 0 Å². The number of carboxylic acids is 1. The Morgan fingerprint density at radius 1 is 1.39 bits per heavy atom. The highest BCUT2D eigenvalue weighted by Gasteiger charge is 2.20. The quantitative estimate of drug-likeness (QED) is 0.861. The second-order valence-electron chi connectivity index (χ2n) is 4.28. The van der Waals surface area contributed by atoms with Gasteiger partial charge in [-0.05, 0) is 12.1 Å². The Kier molecular flexibility index (Phi) is 4.09. The first-order chi connectivity index (χ1) is 8.66. The third-order valence-electron chi connectivity index (χ3n) is 3.05. The van der Waals surface area contributed by atoms with Crippen molar-refractivity contribution < 1.29 is 14.3 Å². The lowest BCUT2D eigenvalue weighted by molar-refractivity contribution is -0.137. The lowest BCUT2D eigenvalue weighted by Gasteiger charge is -2.35. The Balaban J connectivity index is 1.87. The Morgan fingerprint density at radius 2 is 2.11 bits per heavy atom. The summed E-state index contributed by atoms with van der Waals surface area (Å²) in [6.45, 7) is 3.38. The maximum atomic E-state index is 13.5. The van der Waals surface area contributed by atoms with Crippen molar-refractivity contribution in [2.24, 2.45) is 0 Å². The monoisotopic (exact) mass is 253 g/mol. The van der Waals surface area contributed by atoms with Gasteiger partial charge in [-0.25, -0.2) is 9.37 Å². The normalized spacial score (nSPS) is 16.8. The molecule has 1 N–H and O–H groups in total. The number of carboxylic acid groups (broad SMARTS) is 1. The first-order valence-electron chi connectivity index (χ1n) is 5.96. The molecule has 1 aliphatic heterocycles. The zero-order valence-electron chi connectivity index (χ0n) is 10.0. The number of hydrogen-bond acceptors (Lipinski definition) is 4. The fraction of sp³-hybridized carbons (Fsp3) is 0.500. The van der Waals surface area contributed by atoms with E-state index in [-0.39, 0.29) is 12.2 Å². The number of rotatable bonds is 4. The molecule has 0 saturated carbocycles. The average Bonchev–Trinajstić information content (AvgIpc) is 2.38. The molecule has 2 rings (SSSR count).